The lowest BCUT2D eigenvalue weighted by Gasteiger charge is -2.18. The lowest BCUT2D eigenvalue weighted by atomic mass is 9.86. The number of aromatic nitrogens is 2. The highest BCUT2D eigenvalue weighted by molar-refractivity contribution is 6.21. The third-order valence-corrected chi connectivity index (χ3v) is 8.40. The first-order chi connectivity index (χ1) is 20.8. The highest BCUT2D eigenvalue weighted by atomic mass is 15.4. The lowest BCUT2D eigenvalue weighted by molar-refractivity contribution is -0.741. The number of aryl methyl sites for hydroxylation is 1. The predicted molar refractivity (Wildman–Crippen MR) is 176 cm³/mol. The Hall–Kier alpha value is -5.47. The first-order valence-electron chi connectivity index (χ1n) is 14.4. The number of fused-ring (bicyclic) bond motifs is 3. The normalized spacial score (nSPS) is 11.5. The fraction of sp³-hybridized carbons (Fsp3) is 0.0250. The van der Waals surface area contributed by atoms with Crippen molar-refractivity contribution < 1.29 is 4.68 Å². The average Bonchev–Trinajstić information content (AvgIpc) is 3.39. The molecule has 0 fully saturated rings. The van der Waals surface area contributed by atoms with Crippen LogP contribution < -0.4 is 4.68 Å². The van der Waals surface area contributed by atoms with Gasteiger partial charge < -0.3 is 0 Å². The Morgan fingerprint density at radius 2 is 0.881 bits per heavy atom. The highest BCUT2D eigenvalue weighted by Crippen LogP contribution is 2.43. The number of rotatable bonds is 4. The van der Waals surface area contributed by atoms with Gasteiger partial charge in [-0.2, -0.15) is 0 Å². The van der Waals surface area contributed by atoms with E-state index in [4.69, 9.17) is 0 Å². The van der Waals surface area contributed by atoms with Crippen molar-refractivity contribution in [3.05, 3.63) is 158 Å². The molecule has 2 heteroatoms. The van der Waals surface area contributed by atoms with Gasteiger partial charge in [0.05, 0.1) is 5.39 Å². The molecule has 7 aromatic carbocycles. The van der Waals surface area contributed by atoms with Gasteiger partial charge in [0, 0.05) is 0 Å². The van der Waals surface area contributed by atoms with Crippen molar-refractivity contribution in [1.82, 2.24) is 4.68 Å². The van der Waals surface area contributed by atoms with Crippen molar-refractivity contribution in [3.8, 4) is 39.1 Å². The van der Waals surface area contributed by atoms with Crippen LogP contribution in [0.5, 0.6) is 0 Å². The number of hydrogen-bond acceptors (Lipinski definition) is 0. The minimum Gasteiger partial charge on any atom is -0.121 e. The zero-order chi connectivity index (χ0) is 28.0. The maximum Gasteiger partial charge on any atom is 0.203 e. The molecule has 0 aliphatic carbocycles. The van der Waals surface area contributed by atoms with E-state index in [9.17, 15) is 0 Å². The molecule has 2 nitrogen and oxygen atoms in total. The summed E-state index contributed by atoms with van der Waals surface area (Å²) in [5.74, 6) is 0. The smallest absolute Gasteiger partial charge is 0.121 e. The summed E-state index contributed by atoms with van der Waals surface area (Å²) in [5.41, 5.74) is 9.82. The Labute approximate surface area is 245 Å². The molecule has 0 aliphatic heterocycles. The van der Waals surface area contributed by atoms with E-state index in [2.05, 4.69) is 174 Å². The summed E-state index contributed by atoms with van der Waals surface area (Å²) in [6.45, 7) is 0. The summed E-state index contributed by atoms with van der Waals surface area (Å²) >= 11 is 0. The molecule has 0 amide bonds. The number of nitrogens with zero attached hydrogens (tertiary/aromatic N) is 2. The summed E-state index contributed by atoms with van der Waals surface area (Å²) < 4.78 is 4.42. The molecule has 42 heavy (non-hydrogen) atoms. The number of hydrogen-bond donors (Lipinski definition) is 0. The van der Waals surface area contributed by atoms with E-state index in [1.165, 1.54) is 65.8 Å². The van der Waals surface area contributed by atoms with Crippen molar-refractivity contribution >= 4 is 32.4 Å². The lowest BCUT2D eigenvalue weighted by Crippen LogP contribution is -2.36. The van der Waals surface area contributed by atoms with Crippen LogP contribution in [0.1, 0.15) is 0 Å². The fourth-order valence-electron chi connectivity index (χ4n) is 6.52. The second-order valence-electron chi connectivity index (χ2n) is 10.9. The largest absolute Gasteiger partial charge is 0.203 e. The molecule has 8 rings (SSSR count). The fourth-order valence-corrected chi connectivity index (χ4v) is 6.52. The third kappa shape index (κ3) is 3.92. The topological polar surface area (TPSA) is 8.81 Å². The van der Waals surface area contributed by atoms with Crippen molar-refractivity contribution in [2.24, 2.45) is 7.05 Å². The predicted octanol–water partition coefficient (Wildman–Crippen LogP) is 9.76. The second-order valence-corrected chi connectivity index (χ2v) is 10.9. The van der Waals surface area contributed by atoms with Crippen LogP contribution in [0.2, 0.25) is 0 Å². The molecule has 0 saturated carbocycles. The molecule has 0 aliphatic rings. The number of benzene rings is 7. The average molecular weight is 538 g/mol. The molecular formula is C40H29N2+. The molecule has 0 unspecified atom stereocenters. The Bertz CT molecular complexity index is 2170. The van der Waals surface area contributed by atoms with Gasteiger partial charge in [-0.3, -0.25) is 0 Å². The van der Waals surface area contributed by atoms with Gasteiger partial charge in [-0.1, -0.05) is 127 Å². The van der Waals surface area contributed by atoms with Gasteiger partial charge in [0.25, 0.3) is 0 Å². The summed E-state index contributed by atoms with van der Waals surface area (Å²) in [6.07, 6.45) is 2.19. The molecule has 0 atom stereocenters. The molecule has 1 aromatic heterocycles. The zero-order valence-corrected chi connectivity index (χ0v) is 23.4. The molecule has 0 saturated heterocycles. The van der Waals surface area contributed by atoms with Crippen LogP contribution in [0, 0.1) is 0 Å². The molecule has 1 heterocycles. The van der Waals surface area contributed by atoms with E-state index in [1.807, 2.05) is 0 Å². The molecule has 0 spiro atoms. The van der Waals surface area contributed by atoms with Crippen molar-refractivity contribution in [1.29, 1.82) is 0 Å². The molecular weight excluding hydrogens is 508 g/mol. The van der Waals surface area contributed by atoms with Crippen LogP contribution in [0.4, 0.5) is 0 Å². The van der Waals surface area contributed by atoms with Gasteiger partial charge in [-0.25, -0.2) is 0 Å². The number of para-hydroxylation sites is 1. The second kappa shape index (κ2) is 9.87. The molecule has 0 bridgehead atoms. The van der Waals surface area contributed by atoms with E-state index in [-0.39, 0.29) is 0 Å². The minimum absolute atomic E-state index is 1.15. The van der Waals surface area contributed by atoms with Crippen molar-refractivity contribution in [3.63, 3.8) is 0 Å². The summed E-state index contributed by atoms with van der Waals surface area (Å²) in [4.78, 5) is 0. The SMILES string of the molecule is C[n+]1cc2ccc(-c3ccc(-c4c5ccccc5c(-c5ccccc5)c5ccccc45)cc3)cc2n1-c1ccccc1. The van der Waals surface area contributed by atoms with Crippen LogP contribution in [-0.4, -0.2) is 4.68 Å². The van der Waals surface area contributed by atoms with Crippen LogP contribution in [0.25, 0.3) is 71.5 Å². The quantitative estimate of drug-likeness (QED) is 0.156. The first-order valence-corrected chi connectivity index (χ1v) is 14.4. The molecule has 8 aromatic rings. The Morgan fingerprint density at radius 1 is 0.429 bits per heavy atom. The molecule has 198 valence electrons. The van der Waals surface area contributed by atoms with Gasteiger partial charge >= 0.3 is 0 Å². The Morgan fingerprint density at radius 3 is 1.45 bits per heavy atom. The summed E-state index contributed by atoms with van der Waals surface area (Å²) in [7, 11) is 2.10. The van der Waals surface area contributed by atoms with E-state index < -0.39 is 0 Å². The summed E-state index contributed by atoms with van der Waals surface area (Å²) in [6, 6.07) is 54.8. The van der Waals surface area contributed by atoms with Crippen molar-refractivity contribution in [2.75, 3.05) is 0 Å². The highest BCUT2D eigenvalue weighted by Gasteiger charge is 2.17. The van der Waals surface area contributed by atoms with E-state index in [1.54, 1.807) is 0 Å². The van der Waals surface area contributed by atoms with Crippen LogP contribution in [0.15, 0.2) is 158 Å². The summed E-state index contributed by atoms with van der Waals surface area (Å²) in [5, 5.41) is 6.33. The van der Waals surface area contributed by atoms with Crippen molar-refractivity contribution in [2.45, 2.75) is 0 Å². The first kappa shape index (κ1) is 24.3. The van der Waals surface area contributed by atoms with Crippen LogP contribution in [0.3, 0.4) is 0 Å². The monoisotopic (exact) mass is 537 g/mol. The third-order valence-electron chi connectivity index (χ3n) is 8.40. The van der Waals surface area contributed by atoms with Crippen LogP contribution >= 0.6 is 0 Å². The van der Waals surface area contributed by atoms with Gasteiger partial charge in [-0.05, 0) is 79.2 Å². The standard InChI is InChI=1S/C40H29N2/c1-41-27-32-25-24-31(26-38(32)42(41)33-14-6-3-7-15-33)28-20-22-30(23-21-28)40-36-18-10-8-16-34(36)39(29-12-4-2-5-13-29)35-17-9-11-19-37(35)40/h2-27H,1H3/q+1. The maximum absolute atomic E-state index is 2.30. The Kier molecular flexibility index (Phi) is 5.72. The van der Waals surface area contributed by atoms with Gasteiger partial charge in [0.15, 0.2) is 7.05 Å². The van der Waals surface area contributed by atoms with Gasteiger partial charge in [0.2, 0.25) is 6.20 Å². The minimum atomic E-state index is 1.15. The zero-order valence-electron chi connectivity index (χ0n) is 23.4. The van der Waals surface area contributed by atoms with E-state index >= 15 is 0 Å². The van der Waals surface area contributed by atoms with E-state index in [0.29, 0.717) is 0 Å². The molecule has 0 N–H and O–H groups in total. The maximum atomic E-state index is 2.30. The van der Waals surface area contributed by atoms with E-state index in [0.717, 1.165) is 5.69 Å². The molecule has 0 radical (unpaired) electrons. The Balaban J connectivity index is 1.28. The van der Waals surface area contributed by atoms with Gasteiger partial charge in [0.1, 0.15) is 11.2 Å². The van der Waals surface area contributed by atoms with Gasteiger partial charge in [-0.15, -0.1) is 9.36 Å². The van der Waals surface area contributed by atoms with Crippen LogP contribution in [-0.2, 0) is 7.05 Å².